The monoisotopic (exact) mass is 147 g/mol. The molecule has 0 fully saturated rings. The second kappa shape index (κ2) is 3.88. The molecule has 0 atom stereocenters. The molecule has 0 aliphatic heterocycles. The fraction of sp³-hybridized carbons (Fsp3) is 0.400. The Hall–Kier alpha value is -1.16. The van der Waals surface area contributed by atoms with Gasteiger partial charge < -0.3 is 4.57 Å². The summed E-state index contributed by atoms with van der Waals surface area (Å²) >= 11 is 0. The molecule has 1 aromatic rings. The topological polar surface area (TPSA) is 4.93 Å². The molecule has 0 saturated heterocycles. The molecule has 58 valence electrons. The summed E-state index contributed by atoms with van der Waals surface area (Å²) in [5.74, 6) is 5.92. The van der Waals surface area contributed by atoms with Crippen molar-refractivity contribution in [2.45, 2.75) is 26.8 Å². The van der Waals surface area contributed by atoms with Gasteiger partial charge in [0.1, 0.15) is 0 Å². The average Bonchev–Trinajstić information content (AvgIpc) is 2.37. The highest BCUT2D eigenvalue weighted by atomic mass is 14.9. The number of hydrogen-bond donors (Lipinski definition) is 0. The molecule has 11 heavy (non-hydrogen) atoms. The van der Waals surface area contributed by atoms with Crippen molar-refractivity contribution in [3.63, 3.8) is 0 Å². The van der Waals surface area contributed by atoms with Crippen LogP contribution in [0.25, 0.3) is 0 Å². The highest BCUT2D eigenvalue weighted by Crippen LogP contribution is 1.98. The van der Waals surface area contributed by atoms with E-state index in [1.54, 1.807) is 0 Å². The first kappa shape index (κ1) is 7.94. The Morgan fingerprint density at radius 2 is 2.36 bits per heavy atom. The Balaban J connectivity index is 2.43. The van der Waals surface area contributed by atoms with Gasteiger partial charge in [0.2, 0.25) is 0 Å². The molecule has 1 aromatic heterocycles. The third kappa shape index (κ3) is 2.51. The standard InChI is InChI=1S/C10H13N/c1-3-4-5-7-11-8-6-10(2)9-11/h6,8-9H,5,7H2,1-2H3. The van der Waals surface area contributed by atoms with Gasteiger partial charge in [-0.15, -0.1) is 11.8 Å². The van der Waals surface area contributed by atoms with Crippen molar-refractivity contribution >= 4 is 0 Å². The molecular weight excluding hydrogens is 134 g/mol. The molecule has 0 spiro atoms. The van der Waals surface area contributed by atoms with Gasteiger partial charge in [-0.25, -0.2) is 0 Å². The third-order valence-electron chi connectivity index (χ3n) is 1.57. The van der Waals surface area contributed by atoms with Crippen LogP contribution in [0, 0.1) is 18.8 Å². The Bertz CT molecular complexity index is 273. The van der Waals surface area contributed by atoms with Crippen LogP contribution in [-0.4, -0.2) is 4.57 Å². The van der Waals surface area contributed by atoms with Crippen molar-refractivity contribution in [3.05, 3.63) is 24.0 Å². The molecular formula is C10H13N. The van der Waals surface area contributed by atoms with Crippen molar-refractivity contribution < 1.29 is 0 Å². The zero-order valence-electron chi connectivity index (χ0n) is 7.09. The lowest BCUT2D eigenvalue weighted by Gasteiger charge is -1.95. The Kier molecular flexibility index (Phi) is 2.80. The quantitative estimate of drug-likeness (QED) is 0.565. The van der Waals surface area contributed by atoms with Crippen LogP contribution in [0.15, 0.2) is 18.5 Å². The highest BCUT2D eigenvalue weighted by Gasteiger charge is 1.88. The first-order valence-corrected chi connectivity index (χ1v) is 3.85. The van der Waals surface area contributed by atoms with E-state index in [1.807, 2.05) is 6.92 Å². The molecule has 0 N–H and O–H groups in total. The molecule has 1 nitrogen and oxygen atoms in total. The fourth-order valence-corrected chi connectivity index (χ4v) is 1.01. The van der Waals surface area contributed by atoms with Crippen LogP contribution in [0.1, 0.15) is 18.9 Å². The van der Waals surface area contributed by atoms with E-state index in [-0.39, 0.29) is 0 Å². The van der Waals surface area contributed by atoms with Crippen LogP contribution in [0.5, 0.6) is 0 Å². The summed E-state index contributed by atoms with van der Waals surface area (Å²) in [6, 6.07) is 2.11. The summed E-state index contributed by atoms with van der Waals surface area (Å²) in [6.45, 7) is 4.98. The van der Waals surface area contributed by atoms with E-state index >= 15 is 0 Å². The zero-order valence-corrected chi connectivity index (χ0v) is 7.09. The van der Waals surface area contributed by atoms with Gasteiger partial charge in [0, 0.05) is 25.4 Å². The van der Waals surface area contributed by atoms with Gasteiger partial charge >= 0.3 is 0 Å². The second-order valence-corrected chi connectivity index (χ2v) is 2.60. The summed E-state index contributed by atoms with van der Waals surface area (Å²) in [5.41, 5.74) is 1.31. The molecule has 0 amide bonds. The Morgan fingerprint density at radius 3 is 2.91 bits per heavy atom. The van der Waals surface area contributed by atoms with Crippen LogP contribution in [0.4, 0.5) is 0 Å². The summed E-state index contributed by atoms with van der Waals surface area (Å²) < 4.78 is 2.17. The molecule has 0 aliphatic carbocycles. The number of aromatic nitrogens is 1. The lowest BCUT2D eigenvalue weighted by atomic mass is 10.4. The predicted octanol–water partition coefficient (Wildman–Crippen LogP) is 2.21. The first-order chi connectivity index (χ1) is 5.33. The Morgan fingerprint density at radius 1 is 1.55 bits per heavy atom. The molecule has 1 heteroatoms. The third-order valence-corrected chi connectivity index (χ3v) is 1.57. The van der Waals surface area contributed by atoms with Gasteiger partial charge in [-0.05, 0) is 25.5 Å². The molecule has 0 radical (unpaired) electrons. The normalized spacial score (nSPS) is 8.91. The van der Waals surface area contributed by atoms with E-state index in [0.717, 1.165) is 13.0 Å². The number of nitrogens with zero attached hydrogens (tertiary/aromatic N) is 1. The van der Waals surface area contributed by atoms with Crippen molar-refractivity contribution in [2.75, 3.05) is 0 Å². The minimum Gasteiger partial charge on any atom is -0.353 e. The number of rotatable bonds is 2. The van der Waals surface area contributed by atoms with Crippen molar-refractivity contribution in [1.29, 1.82) is 0 Å². The smallest absolute Gasteiger partial charge is 0.0329 e. The van der Waals surface area contributed by atoms with Crippen LogP contribution in [0.2, 0.25) is 0 Å². The van der Waals surface area contributed by atoms with Crippen molar-refractivity contribution in [1.82, 2.24) is 4.57 Å². The van der Waals surface area contributed by atoms with E-state index < -0.39 is 0 Å². The van der Waals surface area contributed by atoms with Gasteiger partial charge in [-0.2, -0.15) is 0 Å². The molecule has 1 heterocycles. The van der Waals surface area contributed by atoms with E-state index in [9.17, 15) is 0 Å². The SMILES string of the molecule is CC#CCCn1ccc(C)c1. The van der Waals surface area contributed by atoms with E-state index in [4.69, 9.17) is 0 Å². The minimum atomic E-state index is 0.949. The van der Waals surface area contributed by atoms with E-state index in [2.05, 4.69) is 41.8 Å². The zero-order chi connectivity index (χ0) is 8.10. The maximum atomic E-state index is 3.04. The summed E-state index contributed by atoms with van der Waals surface area (Å²) in [6.07, 6.45) is 5.18. The largest absolute Gasteiger partial charge is 0.353 e. The first-order valence-electron chi connectivity index (χ1n) is 3.85. The van der Waals surface area contributed by atoms with E-state index in [1.165, 1.54) is 5.56 Å². The maximum absolute atomic E-state index is 3.04. The number of aryl methyl sites for hydroxylation is 2. The van der Waals surface area contributed by atoms with Gasteiger partial charge in [0.15, 0.2) is 0 Å². The Labute approximate surface area is 68.0 Å². The van der Waals surface area contributed by atoms with Crippen molar-refractivity contribution in [3.8, 4) is 11.8 Å². The van der Waals surface area contributed by atoms with Gasteiger partial charge in [-0.3, -0.25) is 0 Å². The molecule has 1 rings (SSSR count). The predicted molar refractivity (Wildman–Crippen MR) is 47.2 cm³/mol. The lowest BCUT2D eigenvalue weighted by molar-refractivity contribution is 0.723. The summed E-state index contributed by atoms with van der Waals surface area (Å²) in [7, 11) is 0. The van der Waals surface area contributed by atoms with Gasteiger partial charge in [-0.1, -0.05) is 0 Å². The van der Waals surface area contributed by atoms with Crippen LogP contribution < -0.4 is 0 Å². The average molecular weight is 147 g/mol. The van der Waals surface area contributed by atoms with Gasteiger partial charge in [0.05, 0.1) is 0 Å². The molecule has 0 unspecified atom stereocenters. The van der Waals surface area contributed by atoms with Crippen molar-refractivity contribution in [2.24, 2.45) is 0 Å². The van der Waals surface area contributed by atoms with Crippen LogP contribution in [0.3, 0.4) is 0 Å². The molecule has 0 aliphatic rings. The summed E-state index contributed by atoms with van der Waals surface area (Å²) in [5, 5.41) is 0. The maximum Gasteiger partial charge on any atom is 0.0329 e. The van der Waals surface area contributed by atoms with Crippen LogP contribution >= 0.6 is 0 Å². The van der Waals surface area contributed by atoms with Crippen LogP contribution in [-0.2, 0) is 6.54 Å². The minimum absolute atomic E-state index is 0.949. The van der Waals surface area contributed by atoms with Gasteiger partial charge in [0.25, 0.3) is 0 Å². The second-order valence-electron chi connectivity index (χ2n) is 2.60. The molecule has 0 bridgehead atoms. The van der Waals surface area contributed by atoms with E-state index in [0.29, 0.717) is 0 Å². The fourth-order valence-electron chi connectivity index (χ4n) is 1.01. The molecule has 0 saturated carbocycles. The summed E-state index contributed by atoms with van der Waals surface area (Å²) in [4.78, 5) is 0. The lowest BCUT2D eigenvalue weighted by Crippen LogP contribution is -1.91. The molecule has 0 aromatic carbocycles. The highest BCUT2D eigenvalue weighted by molar-refractivity contribution is 5.07. The number of hydrogen-bond acceptors (Lipinski definition) is 0.